The van der Waals surface area contributed by atoms with Gasteiger partial charge in [0.15, 0.2) is 0 Å². The molecule has 1 amide bonds. The number of aliphatic carboxylic acids is 1. The van der Waals surface area contributed by atoms with Crippen molar-refractivity contribution in [2.75, 3.05) is 12.0 Å². The number of carbonyl (C=O) groups excluding carboxylic acids is 1. The van der Waals surface area contributed by atoms with Crippen LogP contribution in [0.15, 0.2) is 22.7 Å². The van der Waals surface area contributed by atoms with Gasteiger partial charge in [-0.1, -0.05) is 0 Å². The Morgan fingerprint density at radius 3 is 2.74 bits per heavy atom. The Labute approximate surface area is 122 Å². The molecule has 0 aliphatic carbocycles. The Kier molecular flexibility index (Phi) is 6.30. The SMILES string of the molecule is CSCCC(NC(=O)c1ccc(F)c(Br)c1)C(=O)O. The number of rotatable bonds is 6. The molecule has 0 aliphatic rings. The first-order chi connectivity index (χ1) is 8.95. The second kappa shape index (κ2) is 7.49. The zero-order valence-electron chi connectivity index (χ0n) is 10.2. The quantitative estimate of drug-likeness (QED) is 0.828. The lowest BCUT2D eigenvalue weighted by atomic mass is 10.1. The van der Waals surface area contributed by atoms with Gasteiger partial charge >= 0.3 is 5.97 Å². The van der Waals surface area contributed by atoms with Crippen molar-refractivity contribution >= 4 is 39.6 Å². The van der Waals surface area contributed by atoms with Gasteiger partial charge in [-0.15, -0.1) is 0 Å². The standard InChI is InChI=1S/C12H13BrFNO3S/c1-19-5-4-10(12(17)18)15-11(16)7-2-3-9(14)8(13)6-7/h2-3,6,10H,4-5H2,1H3,(H,15,16)(H,17,18). The predicted molar refractivity (Wildman–Crippen MR) is 76.0 cm³/mol. The topological polar surface area (TPSA) is 66.4 Å². The summed E-state index contributed by atoms with van der Waals surface area (Å²) >= 11 is 4.48. The smallest absolute Gasteiger partial charge is 0.326 e. The molecule has 0 fully saturated rings. The van der Waals surface area contributed by atoms with Crippen LogP contribution < -0.4 is 5.32 Å². The van der Waals surface area contributed by atoms with E-state index in [4.69, 9.17) is 5.11 Å². The van der Waals surface area contributed by atoms with Crippen LogP contribution in [0.3, 0.4) is 0 Å². The highest BCUT2D eigenvalue weighted by molar-refractivity contribution is 9.10. The third kappa shape index (κ3) is 4.83. The molecule has 0 saturated heterocycles. The Hall–Kier alpha value is -1.08. The molecule has 0 spiro atoms. The van der Waals surface area contributed by atoms with Gasteiger partial charge in [0.2, 0.25) is 0 Å². The number of halogens is 2. The van der Waals surface area contributed by atoms with E-state index in [-0.39, 0.29) is 10.0 Å². The fourth-order valence-corrected chi connectivity index (χ4v) is 2.22. The lowest BCUT2D eigenvalue weighted by Gasteiger charge is -2.14. The van der Waals surface area contributed by atoms with Crippen LogP contribution in [0.2, 0.25) is 0 Å². The first kappa shape index (κ1) is 16.0. The van der Waals surface area contributed by atoms with Crippen LogP contribution in [0, 0.1) is 5.82 Å². The van der Waals surface area contributed by atoms with E-state index < -0.39 is 23.7 Å². The van der Waals surface area contributed by atoms with Crippen molar-refractivity contribution in [3.63, 3.8) is 0 Å². The van der Waals surface area contributed by atoms with Gasteiger partial charge in [-0.2, -0.15) is 11.8 Å². The van der Waals surface area contributed by atoms with Gasteiger partial charge in [0, 0.05) is 5.56 Å². The zero-order chi connectivity index (χ0) is 14.4. The molecule has 4 nitrogen and oxygen atoms in total. The predicted octanol–water partition coefficient (Wildman–Crippen LogP) is 2.52. The Morgan fingerprint density at radius 2 is 2.21 bits per heavy atom. The van der Waals surface area contributed by atoms with E-state index in [1.165, 1.54) is 23.9 Å². The van der Waals surface area contributed by atoms with Crippen molar-refractivity contribution in [3.8, 4) is 0 Å². The maximum atomic E-state index is 13.0. The number of hydrogen-bond donors (Lipinski definition) is 2. The lowest BCUT2D eigenvalue weighted by molar-refractivity contribution is -0.139. The summed E-state index contributed by atoms with van der Waals surface area (Å²) < 4.78 is 13.2. The Bertz CT molecular complexity index is 484. The molecule has 0 aromatic heterocycles. The van der Waals surface area contributed by atoms with Crippen molar-refractivity contribution in [1.29, 1.82) is 0 Å². The maximum Gasteiger partial charge on any atom is 0.326 e. The van der Waals surface area contributed by atoms with E-state index in [0.29, 0.717) is 12.2 Å². The molecule has 0 aliphatic heterocycles. The largest absolute Gasteiger partial charge is 0.480 e. The number of hydrogen-bond acceptors (Lipinski definition) is 3. The monoisotopic (exact) mass is 349 g/mol. The molecular formula is C12H13BrFNO3S. The summed E-state index contributed by atoms with van der Waals surface area (Å²) in [5, 5.41) is 11.4. The molecule has 19 heavy (non-hydrogen) atoms. The van der Waals surface area contributed by atoms with Crippen molar-refractivity contribution in [1.82, 2.24) is 5.32 Å². The highest BCUT2D eigenvalue weighted by Crippen LogP contribution is 2.17. The van der Waals surface area contributed by atoms with Crippen LogP contribution in [0.1, 0.15) is 16.8 Å². The highest BCUT2D eigenvalue weighted by atomic mass is 79.9. The molecular weight excluding hydrogens is 337 g/mol. The summed E-state index contributed by atoms with van der Waals surface area (Å²) in [6, 6.07) is 2.83. The average Bonchev–Trinajstić information content (AvgIpc) is 2.37. The summed E-state index contributed by atoms with van der Waals surface area (Å²) in [7, 11) is 0. The molecule has 1 atom stereocenters. The Balaban J connectivity index is 2.75. The van der Waals surface area contributed by atoms with E-state index in [2.05, 4.69) is 21.2 Å². The minimum Gasteiger partial charge on any atom is -0.480 e. The maximum absolute atomic E-state index is 13.0. The molecule has 1 aromatic rings. The van der Waals surface area contributed by atoms with Crippen LogP contribution >= 0.6 is 27.7 Å². The molecule has 0 bridgehead atoms. The molecule has 2 N–H and O–H groups in total. The number of benzene rings is 1. The summed E-state index contributed by atoms with van der Waals surface area (Å²) in [5.74, 6) is -1.46. The second-order valence-electron chi connectivity index (χ2n) is 3.77. The normalized spacial score (nSPS) is 11.9. The summed E-state index contributed by atoms with van der Waals surface area (Å²) in [5.41, 5.74) is 0.212. The van der Waals surface area contributed by atoms with Crippen molar-refractivity contribution < 1.29 is 19.1 Å². The number of carbonyl (C=O) groups is 2. The number of thioether (sulfide) groups is 1. The molecule has 1 rings (SSSR count). The summed E-state index contributed by atoms with van der Waals surface area (Å²) in [4.78, 5) is 22.9. The minimum atomic E-state index is -1.08. The first-order valence-corrected chi connectivity index (χ1v) is 7.62. The molecule has 0 radical (unpaired) electrons. The minimum absolute atomic E-state index is 0.163. The van der Waals surface area contributed by atoms with Crippen LogP contribution in [0.25, 0.3) is 0 Å². The Morgan fingerprint density at radius 1 is 1.53 bits per heavy atom. The van der Waals surface area contributed by atoms with Crippen LogP contribution in [-0.4, -0.2) is 35.0 Å². The van der Waals surface area contributed by atoms with Gasteiger partial charge in [-0.3, -0.25) is 4.79 Å². The van der Waals surface area contributed by atoms with Gasteiger partial charge in [0.25, 0.3) is 5.91 Å². The summed E-state index contributed by atoms with van der Waals surface area (Å²) in [6.45, 7) is 0. The highest BCUT2D eigenvalue weighted by Gasteiger charge is 2.20. The number of amides is 1. The van der Waals surface area contributed by atoms with Gasteiger partial charge in [0.05, 0.1) is 4.47 Å². The van der Waals surface area contributed by atoms with Gasteiger partial charge in [-0.25, -0.2) is 9.18 Å². The number of nitrogens with one attached hydrogen (secondary N) is 1. The van der Waals surface area contributed by atoms with Crippen molar-refractivity contribution in [2.24, 2.45) is 0 Å². The average molecular weight is 350 g/mol. The fraction of sp³-hybridized carbons (Fsp3) is 0.333. The second-order valence-corrected chi connectivity index (χ2v) is 5.61. The van der Waals surface area contributed by atoms with Gasteiger partial charge in [0.1, 0.15) is 11.9 Å². The van der Waals surface area contributed by atoms with Gasteiger partial charge in [-0.05, 0) is 52.6 Å². The van der Waals surface area contributed by atoms with Crippen LogP contribution in [0.4, 0.5) is 4.39 Å². The third-order valence-corrected chi connectivity index (χ3v) is 3.65. The van der Waals surface area contributed by atoms with E-state index in [1.54, 1.807) is 0 Å². The zero-order valence-corrected chi connectivity index (χ0v) is 12.6. The number of carboxylic acid groups (broad SMARTS) is 1. The number of carboxylic acids is 1. The van der Waals surface area contributed by atoms with Crippen LogP contribution in [0.5, 0.6) is 0 Å². The van der Waals surface area contributed by atoms with Crippen molar-refractivity contribution in [2.45, 2.75) is 12.5 Å². The van der Waals surface area contributed by atoms with Crippen LogP contribution in [-0.2, 0) is 4.79 Å². The lowest BCUT2D eigenvalue weighted by Crippen LogP contribution is -2.41. The molecule has 1 aromatic carbocycles. The third-order valence-electron chi connectivity index (χ3n) is 2.40. The fourth-order valence-electron chi connectivity index (χ4n) is 1.37. The summed E-state index contributed by atoms with van der Waals surface area (Å²) in [6.07, 6.45) is 2.20. The van der Waals surface area contributed by atoms with E-state index in [9.17, 15) is 14.0 Å². The van der Waals surface area contributed by atoms with E-state index in [1.807, 2.05) is 6.26 Å². The molecule has 0 saturated carbocycles. The van der Waals surface area contributed by atoms with E-state index in [0.717, 1.165) is 6.07 Å². The molecule has 7 heteroatoms. The molecule has 0 heterocycles. The van der Waals surface area contributed by atoms with E-state index >= 15 is 0 Å². The first-order valence-electron chi connectivity index (χ1n) is 5.43. The molecule has 1 unspecified atom stereocenters. The molecule has 104 valence electrons. The van der Waals surface area contributed by atoms with Crippen molar-refractivity contribution in [3.05, 3.63) is 34.1 Å². The van der Waals surface area contributed by atoms with Gasteiger partial charge < -0.3 is 10.4 Å².